The van der Waals surface area contributed by atoms with Crippen LogP contribution in [-0.4, -0.2) is 9.55 Å². The Morgan fingerprint density at radius 2 is 1.94 bits per heavy atom. The fraction of sp³-hybridized carbons (Fsp3) is 0.182. The van der Waals surface area contributed by atoms with Crippen LogP contribution < -0.4 is 5.73 Å². The van der Waals surface area contributed by atoms with Crippen molar-refractivity contribution in [3.05, 3.63) is 41.5 Å². The van der Waals surface area contributed by atoms with Gasteiger partial charge in [0.25, 0.3) is 0 Å². The number of nitrogens with zero attached hydrogens (tertiary/aromatic N) is 2. The molecule has 3 nitrogen and oxygen atoms in total. The lowest BCUT2D eigenvalue weighted by Gasteiger charge is -2.11. The highest BCUT2D eigenvalue weighted by Crippen LogP contribution is 2.33. The molecule has 1 aromatic carbocycles. The number of nitrogen functional groups attached to an aromatic ring is 1. The Bertz CT molecular complexity index is 586. The van der Waals surface area contributed by atoms with Crippen molar-refractivity contribution in [1.82, 2.24) is 9.55 Å². The Morgan fingerprint density at radius 3 is 2.44 bits per heavy atom. The number of halogens is 4. The number of hydrogen-bond acceptors (Lipinski definition) is 2. The molecule has 0 amide bonds. The molecular weight excluding hydrogens is 250 g/mol. The molecule has 0 radical (unpaired) electrons. The van der Waals surface area contributed by atoms with Gasteiger partial charge in [-0.2, -0.15) is 13.2 Å². The van der Waals surface area contributed by atoms with Gasteiger partial charge in [0, 0.05) is 11.9 Å². The van der Waals surface area contributed by atoms with Gasteiger partial charge in [-0.05, 0) is 25.1 Å². The number of alkyl halides is 3. The van der Waals surface area contributed by atoms with E-state index in [1.165, 1.54) is 16.8 Å². The number of hydrogen-bond donors (Lipinski definition) is 1. The lowest BCUT2D eigenvalue weighted by Crippen LogP contribution is -2.10. The molecule has 1 heterocycles. The second-order valence-electron chi connectivity index (χ2n) is 3.77. The van der Waals surface area contributed by atoms with Crippen molar-refractivity contribution in [3.8, 4) is 5.69 Å². The lowest BCUT2D eigenvalue weighted by molar-refractivity contribution is -0.140. The number of anilines is 1. The fourth-order valence-corrected chi connectivity index (χ4v) is 1.60. The Labute approximate surface area is 99.9 Å². The van der Waals surface area contributed by atoms with Crippen molar-refractivity contribution < 1.29 is 17.6 Å². The van der Waals surface area contributed by atoms with Gasteiger partial charge in [-0.15, -0.1) is 0 Å². The first-order valence-corrected chi connectivity index (χ1v) is 4.97. The van der Waals surface area contributed by atoms with Crippen LogP contribution in [0, 0.1) is 12.7 Å². The zero-order valence-corrected chi connectivity index (χ0v) is 9.29. The van der Waals surface area contributed by atoms with Gasteiger partial charge in [0.05, 0.1) is 11.3 Å². The molecule has 0 saturated carbocycles. The topological polar surface area (TPSA) is 43.8 Å². The van der Waals surface area contributed by atoms with Crippen molar-refractivity contribution in [1.29, 1.82) is 0 Å². The maximum absolute atomic E-state index is 13.1. The van der Waals surface area contributed by atoms with Crippen LogP contribution in [0.15, 0.2) is 24.4 Å². The molecule has 0 saturated heterocycles. The third-order valence-electron chi connectivity index (χ3n) is 2.39. The largest absolute Gasteiger partial charge is 0.419 e. The molecule has 0 unspecified atom stereocenters. The maximum Gasteiger partial charge on any atom is 0.419 e. The summed E-state index contributed by atoms with van der Waals surface area (Å²) in [6.07, 6.45) is -3.27. The average molecular weight is 259 g/mol. The van der Waals surface area contributed by atoms with Crippen molar-refractivity contribution >= 4 is 5.95 Å². The number of nitrogens with two attached hydrogens (primary N) is 1. The number of aryl methyl sites for hydroxylation is 1. The van der Waals surface area contributed by atoms with Crippen molar-refractivity contribution in [3.63, 3.8) is 0 Å². The first kappa shape index (κ1) is 12.4. The normalized spacial score (nSPS) is 11.8. The van der Waals surface area contributed by atoms with Gasteiger partial charge in [0.15, 0.2) is 0 Å². The molecule has 2 rings (SSSR count). The molecule has 0 spiro atoms. The summed E-state index contributed by atoms with van der Waals surface area (Å²) in [5.41, 5.74) is 4.89. The summed E-state index contributed by atoms with van der Waals surface area (Å²) >= 11 is 0. The number of rotatable bonds is 1. The van der Waals surface area contributed by atoms with Gasteiger partial charge < -0.3 is 5.73 Å². The van der Waals surface area contributed by atoms with Gasteiger partial charge in [0.2, 0.25) is 5.95 Å². The molecule has 0 aliphatic carbocycles. The Balaban J connectivity index is 2.57. The van der Waals surface area contributed by atoms with Crippen molar-refractivity contribution in [2.24, 2.45) is 0 Å². The van der Waals surface area contributed by atoms with E-state index in [1.54, 1.807) is 6.92 Å². The van der Waals surface area contributed by atoms with E-state index in [2.05, 4.69) is 4.98 Å². The average Bonchev–Trinajstić information content (AvgIpc) is 2.57. The van der Waals surface area contributed by atoms with E-state index >= 15 is 0 Å². The molecule has 1 aromatic heterocycles. The third kappa shape index (κ3) is 2.15. The summed E-state index contributed by atoms with van der Waals surface area (Å²) in [5.74, 6) is -1.27. The molecule has 7 heteroatoms. The van der Waals surface area contributed by atoms with Gasteiger partial charge >= 0.3 is 6.18 Å². The van der Waals surface area contributed by atoms with Crippen molar-refractivity contribution in [2.45, 2.75) is 13.1 Å². The minimum Gasteiger partial charge on any atom is -0.369 e. The van der Waals surface area contributed by atoms with E-state index in [0.717, 1.165) is 6.07 Å². The van der Waals surface area contributed by atoms with Crippen LogP contribution in [0.3, 0.4) is 0 Å². The summed E-state index contributed by atoms with van der Waals surface area (Å²) in [4.78, 5) is 3.87. The standard InChI is InChI=1S/C11H9F4N3/c1-6-5-18(10(16)17-6)7-2-3-9(12)8(4-7)11(13,14)15/h2-5H,1H3,(H2,16,17). The van der Waals surface area contributed by atoms with Crippen LogP contribution in [-0.2, 0) is 6.18 Å². The number of aromatic nitrogens is 2. The van der Waals surface area contributed by atoms with Gasteiger partial charge in [-0.1, -0.05) is 0 Å². The summed E-state index contributed by atoms with van der Waals surface area (Å²) in [6, 6.07) is 2.67. The minimum absolute atomic E-state index is 0.0484. The van der Waals surface area contributed by atoms with Crippen molar-refractivity contribution in [2.75, 3.05) is 5.73 Å². The molecule has 18 heavy (non-hydrogen) atoms. The zero-order chi connectivity index (χ0) is 13.5. The highest BCUT2D eigenvalue weighted by molar-refractivity contribution is 5.43. The van der Waals surface area contributed by atoms with E-state index in [-0.39, 0.29) is 11.6 Å². The smallest absolute Gasteiger partial charge is 0.369 e. The Kier molecular flexibility index (Phi) is 2.76. The number of benzene rings is 1. The summed E-state index contributed by atoms with van der Waals surface area (Å²) in [6.45, 7) is 1.65. The van der Waals surface area contributed by atoms with E-state index in [4.69, 9.17) is 5.73 Å². The summed E-state index contributed by atoms with van der Waals surface area (Å²) < 4.78 is 52.0. The van der Waals surface area contributed by atoms with Crippen LogP contribution in [0.1, 0.15) is 11.3 Å². The highest BCUT2D eigenvalue weighted by Gasteiger charge is 2.34. The molecule has 96 valence electrons. The molecule has 0 aliphatic rings. The second kappa shape index (κ2) is 4.01. The van der Waals surface area contributed by atoms with Crippen LogP contribution in [0.25, 0.3) is 5.69 Å². The Hall–Kier alpha value is -2.05. The molecular formula is C11H9F4N3. The molecule has 0 aliphatic heterocycles. The summed E-state index contributed by atoms with van der Waals surface area (Å²) in [7, 11) is 0. The molecule has 2 N–H and O–H groups in total. The van der Waals surface area contributed by atoms with Gasteiger partial charge in [-0.3, -0.25) is 4.57 Å². The molecule has 0 fully saturated rings. The second-order valence-corrected chi connectivity index (χ2v) is 3.77. The fourth-order valence-electron chi connectivity index (χ4n) is 1.60. The first-order valence-electron chi connectivity index (χ1n) is 4.97. The van der Waals surface area contributed by atoms with E-state index in [9.17, 15) is 17.6 Å². The van der Waals surface area contributed by atoms with Crippen LogP contribution >= 0.6 is 0 Å². The zero-order valence-electron chi connectivity index (χ0n) is 9.29. The lowest BCUT2D eigenvalue weighted by atomic mass is 10.2. The quantitative estimate of drug-likeness (QED) is 0.800. The van der Waals surface area contributed by atoms with Crippen LogP contribution in [0.2, 0.25) is 0 Å². The maximum atomic E-state index is 13.1. The summed E-state index contributed by atoms with van der Waals surface area (Å²) in [5, 5.41) is 0. The Morgan fingerprint density at radius 1 is 1.28 bits per heavy atom. The van der Waals surface area contributed by atoms with Crippen LogP contribution in [0.5, 0.6) is 0 Å². The monoisotopic (exact) mass is 259 g/mol. The van der Waals surface area contributed by atoms with Gasteiger partial charge in [0.1, 0.15) is 5.82 Å². The number of imidazole rings is 1. The van der Waals surface area contributed by atoms with E-state index < -0.39 is 17.6 Å². The van der Waals surface area contributed by atoms with E-state index in [1.807, 2.05) is 0 Å². The van der Waals surface area contributed by atoms with E-state index in [0.29, 0.717) is 11.8 Å². The predicted octanol–water partition coefficient (Wildman–Crippen LogP) is 2.92. The highest BCUT2D eigenvalue weighted by atomic mass is 19.4. The molecule has 0 atom stereocenters. The third-order valence-corrected chi connectivity index (χ3v) is 2.39. The molecule has 0 bridgehead atoms. The minimum atomic E-state index is -4.75. The van der Waals surface area contributed by atoms with Gasteiger partial charge in [-0.25, -0.2) is 9.37 Å². The molecule has 2 aromatic rings. The van der Waals surface area contributed by atoms with Crippen LogP contribution in [0.4, 0.5) is 23.5 Å². The predicted molar refractivity (Wildman–Crippen MR) is 57.7 cm³/mol. The first-order chi connectivity index (χ1) is 8.29. The SMILES string of the molecule is Cc1cn(-c2ccc(F)c(C(F)(F)F)c2)c(N)n1.